The summed E-state index contributed by atoms with van der Waals surface area (Å²) < 4.78 is 0. The van der Waals surface area contributed by atoms with Crippen LogP contribution in [0.4, 0.5) is 0 Å². The zero-order chi connectivity index (χ0) is 11.4. The van der Waals surface area contributed by atoms with Gasteiger partial charge in [0.15, 0.2) is 5.96 Å². The summed E-state index contributed by atoms with van der Waals surface area (Å²) in [5.74, 6) is 1.00. The first-order chi connectivity index (χ1) is 7.74. The Morgan fingerprint density at radius 1 is 1.59 bits per heavy atom. The van der Waals surface area contributed by atoms with Gasteiger partial charge in [-0.3, -0.25) is 14.7 Å². The van der Waals surface area contributed by atoms with Crippen LogP contribution < -0.4 is 16.0 Å². The normalized spacial score (nSPS) is 24.4. The second kappa shape index (κ2) is 7.00. The molecule has 7 heteroatoms. The number of carbonyl (C=O) groups excluding carboxylic acids is 1. The minimum Gasteiger partial charge on any atom is -0.355 e. The molecule has 0 aromatic heterocycles. The molecule has 0 saturated carbocycles. The van der Waals surface area contributed by atoms with Crippen LogP contribution in [0, 0.1) is 0 Å². The standard InChI is InChI=1S/C10H19N5O.HI/c1-8-6-13-10(14-8)12-3-5-15-4-2-11-9(16)7-15;/h8H,2-7H2,1H3,(H,11,16)(H2,12,13,14);1H. The number of guanidine groups is 1. The summed E-state index contributed by atoms with van der Waals surface area (Å²) in [6, 6.07) is 0.434. The van der Waals surface area contributed by atoms with Gasteiger partial charge in [0.05, 0.1) is 13.1 Å². The molecule has 1 atom stereocenters. The van der Waals surface area contributed by atoms with E-state index in [1.165, 1.54) is 0 Å². The van der Waals surface area contributed by atoms with Gasteiger partial charge in [0, 0.05) is 32.2 Å². The molecule has 0 bridgehead atoms. The highest BCUT2D eigenvalue weighted by molar-refractivity contribution is 14.0. The molecule has 0 radical (unpaired) electrons. The van der Waals surface area contributed by atoms with Gasteiger partial charge in [-0.25, -0.2) is 0 Å². The summed E-state index contributed by atoms with van der Waals surface area (Å²) >= 11 is 0. The predicted molar refractivity (Wildman–Crippen MR) is 77.8 cm³/mol. The van der Waals surface area contributed by atoms with E-state index in [-0.39, 0.29) is 29.9 Å². The third kappa shape index (κ3) is 4.66. The lowest BCUT2D eigenvalue weighted by Gasteiger charge is -2.26. The zero-order valence-electron chi connectivity index (χ0n) is 10.0. The second-order valence-electron chi connectivity index (χ2n) is 4.29. The summed E-state index contributed by atoms with van der Waals surface area (Å²) in [4.78, 5) is 17.6. The minimum absolute atomic E-state index is 0. The van der Waals surface area contributed by atoms with Gasteiger partial charge in [-0.2, -0.15) is 0 Å². The number of aliphatic imine (C=N–C) groups is 1. The highest BCUT2D eigenvalue weighted by Gasteiger charge is 2.16. The third-order valence-corrected chi connectivity index (χ3v) is 2.74. The van der Waals surface area contributed by atoms with Crippen LogP contribution in [0.2, 0.25) is 0 Å². The Morgan fingerprint density at radius 2 is 2.41 bits per heavy atom. The molecule has 0 aromatic carbocycles. The highest BCUT2D eigenvalue weighted by Crippen LogP contribution is 1.93. The molecule has 1 fully saturated rings. The number of hydrogen-bond donors (Lipinski definition) is 3. The van der Waals surface area contributed by atoms with Crippen molar-refractivity contribution in [2.24, 2.45) is 4.99 Å². The Kier molecular flexibility index (Phi) is 5.96. The molecular weight excluding hydrogens is 333 g/mol. The first-order valence-corrected chi connectivity index (χ1v) is 5.78. The largest absolute Gasteiger partial charge is 0.355 e. The van der Waals surface area contributed by atoms with E-state index in [1.54, 1.807) is 0 Å². The minimum atomic E-state index is 0. The first kappa shape index (κ1) is 14.5. The fourth-order valence-electron chi connectivity index (χ4n) is 1.87. The zero-order valence-corrected chi connectivity index (χ0v) is 12.4. The van der Waals surface area contributed by atoms with Crippen molar-refractivity contribution in [2.75, 3.05) is 39.3 Å². The predicted octanol–water partition coefficient (Wildman–Crippen LogP) is -1.03. The Morgan fingerprint density at radius 3 is 3.06 bits per heavy atom. The van der Waals surface area contributed by atoms with Crippen molar-refractivity contribution in [1.82, 2.24) is 20.9 Å². The van der Waals surface area contributed by atoms with Crippen LogP contribution >= 0.6 is 24.0 Å². The van der Waals surface area contributed by atoms with Gasteiger partial charge in [0.1, 0.15) is 0 Å². The highest BCUT2D eigenvalue weighted by atomic mass is 127. The summed E-state index contributed by atoms with van der Waals surface area (Å²) in [5, 5.41) is 9.29. The summed E-state index contributed by atoms with van der Waals surface area (Å²) in [6.07, 6.45) is 0. The molecule has 2 rings (SSSR count). The van der Waals surface area contributed by atoms with E-state index >= 15 is 0 Å². The van der Waals surface area contributed by atoms with Gasteiger partial charge in [-0.05, 0) is 6.92 Å². The van der Waals surface area contributed by atoms with Crippen LogP contribution in [0.5, 0.6) is 0 Å². The number of rotatable bonds is 3. The molecule has 98 valence electrons. The lowest BCUT2D eigenvalue weighted by Crippen LogP contribution is -2.50. The van der Waals surface area contributed by atoms with Crippen LogP contribution in [0.25, 0.3) is 0 Å². The van der Waals surface area contributed by atoms with E-state index in [4.69, 9.17) is 0 Å². The van der Waals surface area contributed by atoms with Crippen LogP contribution in [0.15, 0.2) is 4.99 Å². The Bertz CT molecular complexity index is 296. The van der Waals surface area contributed by atoms with Crippen molar-refractivity contribution < 1.29 is 4.79 Å². The van der Waals surface area contributed by atoms with Crippen molar-refractivity contribution in [2.45, 2.75) is 13.0 Å². The average Bonchev–Trinajstić information content (AvgIpc) is 2.64. The molecule has 1 amide bonds. The molecule has 2 aliphatic heterocycles. The van der Waals surface area contributed by atoms with E-state index < -0.39 is 0 Å². The Labute approximate surface area is 119 Å². The molecule has 0 spiro atoms. The van der Waals surface area contributed by atoms with Gasteiger partial charge in [-0.15, -0.1) is 24.0 Å². The monoisotopic (exact) mass is 353 g/mol. The van der Waals surface area contributed by atoms with E-state index in [2.05, 4.69) is 32.8 Å². The second-order valence-corrected chi connectivity index (χ2v) is 4.29. The number of carbonyl (C=O) groups is 1. The van der Waals surface area contributed by atoms with Gasteiger partial charge in [0.25, 0.3) is 0 Å². The van der Waals surface area contributed by atoms with Gasteiger partial charge in [0.2, 0.25) is 5.91 Å². The number of halogens is 1. The van der Waals surface area contributed by atoms with Crippen molar-refractivity contribution in [1.29, 1.82) is 0 Å². The molecule has 1 unspecified atom stereocenters. The number of nitrogens with zero attached hydrogens (tertiary/aromatic N) is 2. The number of nitrogens with one attached hydrogen (secondary N) is 3. The third-order valence-electron chi connectivity index (χ3n) is 2.74. The average molecular weight is 353 g/mol. The quantitative estimate of drug-likeness (QED) is 0.568. The molecule has 2 heterocycles. The van der Waals surface area contributed by atoms with Crippen LogP contribution in [0.1, 0.15) is 6.92 Å². The molecule has 2 aliphatic rings. The summed E-state index contributed by atoms with van der Waals surface area (Å²) in [5.41, 5.74) is 0. The number of amides is 1. The van der Waals surface area contributed by atoms with Crippen LogP contribution in [-0.4, -0.2) is 62.1 Å². The smallest absolute Gasteiger partial charge is 0.234 e. The lowest BCUT2D eigenvalue weighted by molar-refractivity contribution is -0.124. The van der Waals surface area contributed by atoms with Crippen molar-refractivity contribution in [3.8, 4) is 0 Å². The molecular formula is C10H20IN5O. The number of hydrogen-bond acceptors (Lipinski definition) is 5. The molecule has 6 nitrogen and oxygen atoms in total. The van der Waals surface area contributed by atoms with Crippen LogP contribution in [-0.2, 0) is 4.79 Å². The van der Waals surface area contributed by atoms with Gasteiger partial charge >= 0.3 is 0 Å². The van der Waals surface area contributed by atoms with E-state index in [1.807, 2.05) is 0 Å². The van der Waals surface area contributed by atoms with E-state index in [9.17, 15) is 4.79 Å². The molecule has 1 saturated heterocycles. The SMILES string of the molecule is CC1CN=C(NCCN2CCNC(=O)C2)N1.I. The summed E-state index contributed by atoms with van der Waals surface area (Å²) in [7, 11) is 0. The fraction of sp³-hybridized carbons (Fsp3) is 0.800. The first-order valence-electron chi connectivity index (χ1n) is 5.78. The fourth-order valence-corrected chi connectivity index (χ4v) is 1.87. The van der Waals surface area contributed by atoms with Gasteiger partial charge < -0.3 is 16.0 Å². The lowest BCUT2D eigenvalue weighted by atomic mass is 10.3. The molecule has 0 aromatic rings. The van der Waals surface area contributed by atoms with Crippen molar-refractivity contribution in [3.05, 3.63) is 0 Å². The maximum Gasteiger partial charge on any atom is 0.234 e. The molecule has 17 heavy (non-hydrogen) atoms. The molecule has 3 N–H and O–H groups in total. The van der Waals surface area contributed by atoms with Gasteiger partial charge in [-0.1, -0.05) is 0 Å². The van der Waals surface area contributed by atoms with E-state index in [0.717, 1.165) is 38.7 Å². The van der Waals surface area contributed by atoms with E-state index in [0.29, 0.717) is 12.6 Å². The Hall–Kier alpha value is -0.570. The molecule has 0 aliphatic carbocycles. The maximum atomic E-state index is 11.1. The number of piperazine rings is 1. The maximum absolute atomic E-state index is 11.1. The van der Waals surface area contributed by atoms with Crippen molar-refractivity contribution >= 4 is 35.8 Å². The van der Waals surface area contributed by atoms with Crippen molar-refractivity contribution in [3.63, 3.8) is 0 Å². The van der Waals surface area contributed by atoms with Crippen LogP contribution in [0.3, 0.4) is 0 Å². The Balaban J connectivity index is 0.00000144. The topological polar surface area (TPSA) is 68.8 Å². The summed E-state index contributed by atoms with van der Waals surface area (Å²) in [6.45, 7) is 6.85.